The maximum Gasteiger partial charge on any atom is 0.354 e. The summed E-state index contributed by atoms with van der Waals surface area (Å²) in [5.74, 6) is -1.03. The number of H-pyrrole nitrogens is 1. The van der Waals surface area contributed by atoms with Gasteiger partial charge in [-0.15, -0.1) is 0 Å². The number of nitrogens with one attached hydrogen (secondary N) is 1. The van der Waals surface area contributed by atoms with Gasteiger partial charge in [0.2, 0.25) is 0 Å². The zero-order valence-electron chi connectivity index (χ0n) is 13.6. The lowest BCUT2D eigenvalue weighted by atomic mass is 10.3. The van der Waals surface area contributed by atoms with Crippen LogP contribution in [0.5, 0.6) is 0 Å². The number of carboxylic acids is 1. The molecule has 26 heavy (non-hydrogen) atoms. The topological polar surface area (TPSA) is 90.2 Å². The van der Waals surface area contributed by atoms with E-state index >= 15 is 0 Å². The van der Waals surface area contributed by atoms with Gasteiger partial charge < -0.3 is 10.1 Å². The maximum absolute atomic E-state index is 10.9. The SMILES string of the molecule is O=C(O)C1=NC(=Cc2ccc(C=C3C=CC(C=C4C=CC=N4)=N3)[nH]2)C=C1. The highest BCUT2D eigenvalue weighted by Gasteiger charge is 2.11. The van der Waals surface area contributed by atoms with Crippen LogP contribution in [-0.2, 0) is 4.79 Å². The maximum atomic E-state index is 10.9. The van der Waals surface area contributed by atoms with E-state index in [1.165, 1.54) is 6.08 Å². The summed E-state index contributed by atoms with van der Waals surface area (Å²) < 4.78 is 0. The predicted octanol–water partition coefficient (Wildman–Crippen LogP) is 3.33. The van der Waals surface area contributed by atoms with Gasteiger partial charge in [0.25, 0.3) is 0 Å². The van der Waals surface area contributed by atoms with Crippen molar-refractivity contribution >= 4 is 35.8 Å². The molecule has 0 bridgehead atoms. The molecule has 1 aromatic heterocycles. The summed E-state index contributed by atoms with van der Waals surface area (Å²) in [6, 6.07) is 3.84. The summed E-state index contributed by atoms with van der Waals surface area (Å²) in [5, 5.41) is 8.91. The molecule has 0 amide bonds. The Labute approximate surface area is 149 Å². The van der Waals surface area contributed by atoms with Gasteiger partial charge in [-0.2, -0.15) is 0 Å². The normalized spacial score (nSPS) is 22.2. The molecule has 2 N–H and O–H groups in total. The number of aliphatic carboxylic acids is 1. The van der Waals surface area contributed by atoms with E-state index in [2.05, 4.69) is 20.0 Å². The highest BCUT2D eigenvalue weighted by atomic mass is 16.4. The number of aromatic nitrogens is 1. The minimum Gasteiger partial charge on any atom is -0.477 e. The van der Waals surface area contributed by atoms with Crippen molar-refractivity contribution < 1.29 is 9.90 Å². The molecule has 6 heteroatoms. The van der Waals surface area contributed by atoms with Crippen molar-refractivity contribution in [2.45, 2.75) is 0 Å². The third kappa shape index (κ3) is 3.49. The molecule has 1 aromatic rings. The van der Waals surface area contributed by atoms with E-state index in [4.69, 9.17) is 5.11 Å². The molecular weight excluding hydrogens is 328 g/mol. The van der Waals surface area contributed by atoms with E-state index in [9.17, 15) is 4.79 Å². The molecule has 3 aliphatic heterocycles. The average Bonchev–Trinajstić information content (AvgIpc) is 3.38. The molecule has 0 radical (unpaired) electrons. The van der Waals surface area contributed by atoms with E-state index in [0.29, 0.717) is 5.70 Å². The number of carboxylic acid groups (broad SMARTS) is 1. The zero-order valence-corrected chi connectivity index (χ0v) is 13.6. The monoisotopic (exact) mass is 342 g/mol. The van der Waals surface area contributed by atoms with Crippen LogP contribution in [0.4, 0.5) is 0 Å². The van der Waals surface area contributed by atoms with Crippen molar-refractivity contribution in [1.82, 2.24) is 4.98 Å². The molecule has 6 nitrogen and oxygen atoms in total. The second kappa shape index (κ2) is 6.60. The van der Waals surface area contributed by atoms with Gasteiger partial charge in [0.05, 0.1) is 22.8 Å². The fourth-order valence-corrected chi connectivity index (χ4v) is 2.60. The van der Waals surface area contributed by atoms with Crippen LogP contribution in [0.15, 0.2) is 86.7 Å². The van der Waals surface area contributed by atoms with Crippen LogP contribution in [0.1, 0.15) is 11.4 Å². The van der Waals surface area contributed by atoms with Crippen LogP contribution < -0.4 is 0 Å². The van der Waals surface area contributed by atoms with Crippen molar-refractivity contribution in [3.8, 4) is 0 Å². The molecule has 4 heterocycles. The Morgan fingerprint density at radius 2 is 1.62 bits per heavy atom. The van der Waals surface area contributed by atoms with Gasteiger partial charge in [-0.1, -0.05) is 0 Å². The molecule has 3 aliphatic rings. The third-order valence-corrected chi connectivity index (χ3v) is 3.77. The van der Waals surface area contributed by atoms with Crippen LogP contribution in [-0.4, -0.2) is 33.7 Å². The Hall–Kier alpha value is -3.80. The van der Waals surface area contributed by atoms with E-state index < -0.39 is 5.97 Å². The lowest BCUT2D eigenvalue weighted by molar-refractivity contribution is -0.129. The average molecular weight is 342 g/mol. The zero-order chi connectivity index (χ0) is 17.9. The Morgan fingerprint density at radius 3 is 2.27 bits per heavy atom. The van der Waals surface area contributed by atoms with Crippen LogP contribution >= 0.6 is 0 Å². The van der Waals surface area contributed by atoms with Crippen molar-refractivity contribution in [3.63, 3.8) is 0 Å². The predicted molar refractivity (Wildman–Crippen MR) is 103 cm³/mol. The fraction of sp³-hybridized carbons (Fsp3) is 0. The molecule has 0 aromatic carbocycles. The number of carbonyl (C=O) groups is 1. The Morgan fingerprint density at radius 1 is 0.885 bits per heavy atom. The Balaban J connectivity index is 1.49. The van der Waals surface area contributed by atoms with Crippen LogP contribution in [0.2, 0.25) is 0 Å². The number of allylic oxidation sites excluding steroid dienone is 6. The largest absolute Gasteiger partial charge is 0.477 e. The minimum absolute atomic E-state index is 0.0404. The molecular formula is C20H14N4O2. The van der Waals surface area contributed by atoms with Crippen molar-refractivity contribution in [2.24, 2.45) is 15.0 Å². The first kappa shape index (κ1) is 15.7. The van der Waals surface area contributed by atoms with Gasteiger partial charge in [0.15, 0.2) is 0 Å². The van der Waals surface area contributed by atoms with Gasteiger partial charge in [-0.3, -0.25) is 4.99 Å². The quantitative estimate of drug-likeness (QED) is 0.879. The van der Waals surface area contributed by atoms with Crippen LogP contribution in [0.25, 0.3) is 12.2 Å². The van der Waals surface area contributed by atoms with Crippen LogP contribution in [0, 0.1) is 0 Å². The Kier molecular flexibility index (Phi) is 3.99. The third-order valence-electron chi connectivity index (χ3n) is 3.77. The van der Waals surface area contributed by atoms with Crippen molar-refractivity contribution in [1.29, 1.82) is 0 Å². The fourth-order valence-electron chi connectivity index (χ4n) is 2.60. The number of nitrogens with zero attached hydrogens (tertiary/aromatic N) is 3. The van der Waals surface area contributed by atoms with Gasteiger partial charge in [-0.05, 0) is 66.8 Å². The van der Waals surface area contributed by atoms with E-state index in [-0.39, 0.29) is 5.71 Å². The Bertz CT molecular complexity index is 1040. The van der Waals surface area contributed by atoms with Crippen LogP contribution in [0.3, 0.4) is 0 Å². The molecule has 0 spiro atoms. The lowest BCUT2D eigenvalue weighted by Crippen LogP contribution is -2.06. The number of aliphatic imine (C=N–C) groups is 3. The van der Waals surface area contributed by atoms with Gasteiger partial charge in [0.1, 0.15) is 5.71 Å². The summed E-state index contributed by atoms with van der Waals surface area (Å²) >= 11 is 0. The van der Waals surface area contributed by atoms with Gasteiger partial charge >= 0.3 is 5.97 Å². The number of aromatic amines is 1. The first-order valence-electron chi connectivity index (χ1n) is 7.97. The van der Waals surface area contributed by atoms with E-state index in [1.807, 2.05) is 48.6 Å². The van der Waals surface area contributed by atoms with Gasteiger partial charge in [0, 0.05) is 17.6 Å². The number of hydrogen-bond donors (Lipinski definition) is 2. The second-order valence-electron chi connectivity index (χ2n) is 5.72. The molecule has 0 saturated carbocycles. The standard InChI is InChI=1S/C20H14N4O2/c25-20(26)19-8-7-18(24-19)12-17-6-5-16(23-17)11-15-4-3-14(22-15)10-13-2-1-9-21-13/h1-12,23H,(H,25,26). The smallest absolute Gasteiger partial charge is 0.354 e. The summed E-state index contributed by atoms with van der Waals surface area (Å²) in [7, 11) is 0. The van der Waals surface area contributed by atoms with Crippen molar-refractivity contribution in [3.05, 3.63) is 83.1 Å². The lowest BCUT2D eigenvalue weighted by Gasteiger charge is -1.92. The first-order chi connectivity index (χ1) is 12.7. The van der Waals surface area contributed by atoms with Gasteiger partial charge in [-0.25, -0.2) is 14.8 Å². The molecule has 126 valence electrons. The molecule has 0 saturated heterocycles. The van der Waals surface area contributed by atoms with E-state index in [0.717, 1.165) is 28.5 Å². The summed E-state index contributed by atoms with van der Waals surface area (Å²) in [5.41, 5.74) is 4.96. The summed E-state index contributed by atoms with van der Waals surface area (Å²) in [6.07, 6.45) is 18.3. The van der Waals surface area contributed by atoms with Crippen molar-refractivity contribution in [2.75, 3.05) is 0 Å². The molecule has 0 aliphatic carbocycles. The molecule has 4 rings (SSSR count). The summed E-state index contributed by atoms with van der Waals surface area (Å²) in [4.78, 5) is 26.9. The number of hydrogen-bond acceptors (Lipinski definition) is 4. The molecule has 0 atom stereocenters. The first-order valence-corrected chi connectivity index (χ1v) is 7.97. The highest BCUT2D eigenvalue weighted by molar-refractivity contribution is 6.41. The molecule has 0 unspecified atom stereocenters. The highest BCUT2D eigenvalue weighted by Crippen LogP contribution is 2.18. The second-order valence-corrected chi connectivity index (χ2v) is 5.72. The summed E-state index contributed by atoms with van der Waals surface area (Å²) in [6.45, 7) is 0. The molecule has 0 fully saturated rings. The minimum atomic E-state index is -1.03. The van der Waals surface area contributed by atoms with E-state index in [1.54, 1.807) is 18.4 Å². The number of rotatable bonds is 4.